The first-order chi connectivity index (χ1) is 7.15. The SMILES string of the molecule is C=CCCNC(=O)c1cc(F)ccc1C. The van der Waals surface area contributed by atoms with Gasteiger partial charge in [0.05, 0.1) is 0 Å². The van der Waals surface area contributed by atoms with Crippen molar-refractivity contribution in [2.75, 3.05) is 6.54 Å². The fraction of sp³-hybridized carbons (Fsp3) is 0.250. The number of carbonyl (C=O) groups is 1. The van der Waals surface area contributed by atoms with E-state index in [0.717, 1.165) is 5.56 Å². The van der Waals surface area contributed by atoms with Crippen molar-refractivity contribution in [3.63, 3.8) is 0 Å². The third-order valence-corrected chi connectivity index (χ3v) is 2.08. The van der Waals surface area contributed by atoms with Crippen molar-refractivity contribution in [3.8, 4) is 0 Å². The van der Waals surface area contributed by atoms with Gasteiger partial charge < -0.3 is 5.32 Å². The molecule has 0 saturated heterocycles. The number of hydrogen-bond acceptors (Lipinski definition) is 1. The first-order valence-electron chi connectivity index (χ1n) is 4.80. The first kappa shape index (κ1) is 11.4. The predicted octanol–water partition coefficient (Wildman–Crippen LogP) is 2.44. The molecule has 15 heavy (non-hydrogen) atoms. The molecule has 0 aliphatic heterocycles. The summed E-state index contributed by atoms with van der Waals surface area (Å²) in [4.78, 5) is 11.6. The quantitative estimate of drug-likeness (QED) is 0.596. The van der Waals surface area contributed by atoms with Crippen LogP contribution in [-0.2, 0) is 0 Å². The Morgan fingerprint density at radius 3 is 3.00 bits per heavy atom. The van der Waals surface area contributed by atoms with Crippen molar-refractivity contribution in [1.29, 1.82) is 0 Å². The lowest BCUT2D eigenvalue weighted by atomic mass is 10.1. The van der Waals surface area contributed by atoms with Crippen molar-refractivity contribution in [3.05, 3.63) is 47.8 Å². The van der Waals surface area contributed by atoms with Crippen molar-refractivity contribution in [2.24, 2.45) is 0 Å². The number of hydrogen-bond donors (Lipinski definition) is 1. The molecule has 0 aliphatic carbocycles. The molecule has 2 nitrogen and oxygen atoms in total. The number of amides is 1. The molecule has 0 radical (unpaired) electrons. The summed E-state index contributed by atoms with van der Waals surface area (Å²) in [6, 6.07) is 4.19. The minimum atomic E-state index is -0.394. The number of benzene rings is 1. The maximum atomic E-state index is 12.9. The molecule has 0 heterocycles. The molecular weight excluding hydrogens is 193 g/mol. The summed E-state index contributed by atoms with van der Waals surface area (Å²) in [5.41, 5.74) is 1.16. The van der Waals surface area contributed by atoms with Crippen LogP contribution in [0, 0.1) is 12.7 Å². The third-order valence-electron chi connectivity index (χ3n) is 2.08. The van der Waals surface area contributed by atoms with Crippen LogP contribution >= 0.6 is 0 Å². The van der Waals surface area contributed by atoms with Crippen LogP contribution in [-0.4, -0.2) is 12.5 Å². The van der Waals surface area contributed by atoms with Gasteiger partial charge in [-0.3, -0.25) is 4.79 Å². The predicted molar refractivity (Wildman–Crippen MR) is 58.3 cm³/mol. The fourth-order valence-corrected chi connectivity index (χ4v) is 1.22. The maximum Gasteiger partial charge on any atom is 0.251 e. The van der Waals surface area contributed by atoms with E-state index in [-0.39, 0.29) is 5.91 Å². The normalized spacial score (nSPS) is 9.73. The molecule has 0 atom stereocenters. The third kappa shape index (κ3) is 3.20. The molecule has 0 bridgehead atoms. The molecule has 0 aliphatic rings. The minimum absolute atomic E-state index is 0.242. The molecule has 0 spiro atoms. The number of rotatable bonds is 4. The Kier molecular flexibility index (Phi) is 4.03. The highest BCUT2D eigenvalue weighted by Gasteiger charge is 2.08. The summed E-state index contributed by atoms with van der Waals surface area (Å²) in [5.74, 6) is -0.636. The van der Waals surface area contributed by atoms with Gasteiger partial charge in [0.1, 0.15) is 5.82 Å². The second kappa shape index (κ2) is 5.29. The standard InChI is InChI=1S/C12H14FNO/c1-3-4-7-14-12(15)11-8-10(13)6-5-9(11)2/h3,5-6,8H,1,4,7H2,2H3,(H,14,15). The van der Waals surface area contributed by atoms with E-state index in [1.54, 1.807) is 19.1 Å². The summed E-state index contributed by atoms with van der Waals surface area (Å²) in [6.07, 6.45) is 2.43. The summed E-state index contributed by atoms with van der Waals surface area (Å²) >= 11 is 0. The fourth-order valence-electron chi connectivity index (χ4n) is 1.22. The molecule has 1 amide bonds. The maximum absolute atomic E-state index is 12.9. The molecule has 3 heteroatoms. The van der Waals surface area contributed by atoms with Gasteiger partial charge in [0, 0.05) is 12.1 Å². The highest BCUT2D eigenvalue weighted by atomic mass is 19.1. The summed E-state index contributed by atoms with van der Waals surface area (Å²) in [6.45, 7) is 5.86. The summed E-state index contributed by atoms with van der Waals surface area (Å²) < 4.78 is 12.9. The van der Waals surface area contributed by atoms with Crippen LogP contribution in [0.2, 0.25) is 0 Å². The van der Waals surface area contributed by atoms with Crippen LogP contribution < -0.4 is 5.32 Å². The topological polar surface area (TPSA) is 29.1 Å². The monoisotopic (exact) mass is 207 g/mol. The van der Waals surface area contributed by atoms with Crippen molar-refractivity contribution < 1.29 is 9.18 Å². The lowest BCUT2D eigenvalue weighted by Crippen LogP contribution is -2.24. The van der Waals surface area contributed by atoms with Crippen LogP contribution in [0.5, 0.6) is 0 Å². The average Bonchev–Trinajstić information content (AvgIpc) is 2.22. The summed E-state index contributed by atoms with van der Waals surface area (Å²) in [7, 11) is 0. The van der Waals surface area contributed by atoms with E-state index in [0.29, 0.717) is 18.5 Å². The zero-order valence-corrected chi connectivity index (χ0v) is 8.72. The van der Waals surface area contributed by atoms with Gasteiger partial charge in [-0.15, -0.1) is 6.58 Å². The van der Waals surface area contributed by atoms with E-state index in [2.05, 4.69) is 11.9 Å². The van der Waals surface area contributed by atoms with Gasteiger partial charge in [0.2, 0.25) is 0 Å². The lowest BCUT2D eigenvalue weighted by molar-refractivity contribution is 0.0953. The molecule has 0 saturated carbocycles. The molecular formula is C12H14FNO. The number of carbonyl (C=O) groups excluding carboxylic acids is 1. The number of aryl methyl sites for hydroxylation is 1. The molecule has 80 valence electrons. The Morgan fingerprint density at radius 1 is 1.60 bits per heavy atom. The smallest absolute Gasteiger partial charge is 0.251 e. The van der Waals surface area contributed by atoms with Gasteiger partial charge in [-0.25, -0.2) is 4.39 Å². The number of nitrogens with one attached hydrogen (secondary N) is 1. The Morgan fingerprint density at radius 2 is 2.33 bits per heavy atom. The van der Waals surface area contributed by atoms with E-state index < -0.39 is 5.82 Å². The van der Waals surface area contributed by atoms with Crippen molar-refractivity contribution in [1.82, 2.24) is 5.32 Å². The second-order valence-electron chi connectivity index (χ2n) is 3.29. The Labute approximate surface area is 88.8 Å². The number of halogens is 1. The lowest BCUT2D eigenvalue weighted by Gasteiger charge is -2.06. The zero-order valence-electron chi connectivity index (χ0n) is 8.72. The van der Waals surface area contributed by atoms with Gasteiger partial charge >= 0.3 is 0 Å². The van der Waals surface area contributed by atoms with Gasteiger partial charge in [-0.05, 0) is 31.0 Å². The molecule has 1 N–H and O–H groups in total. The van der Waals surface area contributed by atoms with Crippen molar-refractivity contribution >= 4 is 5.91 Å². The Bertz CT molecular complexity index is 374. The largest absolute Gasteiger partial charge is 0.352 e. The Hall–Kier alpha value is -1.64. The summed E-state index contributed by atoms with van der Waals surface area (Å²) in [5, 5.41) is 2.69. The van der Waals surface area contributed by atoms with Crippen LogP contribution in [0.15, 0.2) is 30.9 Å². The van der Waals surface area contributed by atoms with Crippen LogP contribution in [0.1, 0.15) is 22.3 Å². The van der Waals surface area contributed by atoms with Crippen LogP contribution in [0.3, 0.4) is 0 Å². The van der Waals surface area contributed by atoms with Crippen LogP contribution in [0.25, 0.3) is 0 Å². The van der Waals surface area contributed by atoms with Gasteiger partial charge in [-0.2, -0.15) is 0 Å². The zero-order chi connectivity index (χ0) is 11.3. The van der Waals surface area contributed by atoms with E-state index in [1.165, 1.54) is 12.1 Å². The molecule has 1 aromatic rings. The molecule has 1 rings (SSSR count). The van der Waals surface area contributed by atoms with Gasteiger partial charge in [0.25, 0.3) is 5.91 Å². The van der Waals surface area contributed by atoms with E-state index in [1.807, 2.05) is 0 Å². The second-order valence-corrected chi connectivity index (χ2v) is 3.29. The van der Waals surface area contributed by atoms with E-state index in [4.69, 9.17) is 0 Å². The van der Waals surface area contributed by atoms with Crippen molar-refractivity contribution in [2.45, 2.75) is 13.3 Å². The van der Waals surface area contributed by atoms with Gasteiger partial charge in [0.15, 0.2) is 0 Å². The molecule has 0 unspecified atom stereocenters. The molecule has 1 aromatic carbocycles. The molecule has 0 fully saturated rings. The minimum Gasteiger partial charge on any atom is -0.352 e. The highest BCUT2D eigenvalue weighted by molar-refractivity contribution is 5.95. The van der Waals surface area contributed by atoms with E-state index in [9.17, 15) is 9.18 Å². The van der Waals surface area contributed by atoms with Gasteiger partial charge in [-0.1, -0.05) is 12.1 Å². The first-order valence-corrected chi connectivity index (χ1v) is 4.80. The molecule has 0 aromatic heterocycles. The highest BCUT2D eigenvalue weighted by Crippen LogP contribution is 2.09. The van der Waals surface area contributed by atoms with E-state index >= 15 is 0 Å². The average molecular weight is 207 g/mol. The van der Waals surface area contributed by atoms with Crippen LogP contribution in [0.4, 0.5) is 4.39 Å². The Balaban J connectivity index is 2.72.